The monoisotopic (exact) mass is 297 g/mol. The highest BCUT2D eigenvalue weighted by atomic mass is 35.5. The van der Waals surface area contributed by atoms with Crippen molar-refractivity contribution in [2.24, 2.45) is 0 Å². The molecule has 0 unspecified atom stereocenters. The molecule has 0 atom stereocenters. The molecule has 0 saturated carbocycles. The van der Waals surface area contributed by atoms with E-state index in [2.05, 4.69) is 10.3 Å². The van der Waals surface area contributed by atoms with Crippen molar-refractivity contribution < 1.29 is 9.72 Å². The van der Waals surface area contributed by atoms with Gasteiger partial charge >= 0.3 is 0 Å². The van der Waals surface area contributed by atoms with Crippen LogP contribution in [0, 0.1) is 10.1 Å². The SMILES string of the molecule is O=C(NCc1cscn1)c1cc([N+](=O)[O-])ccc1Cl. The van der Waals surface area contributed by atoms with E-state index in [0.29, 0.717) is 0 Å². The zero-order valence-electron chi connectivity index (χ0n) is 9.50. The van der Waals surface area contributed by atoms with Gasteiger partial charge in [0.1, 0.15) is 0 Å². The smallest absolute Gasteiger partial charge is 0.270 e. The van der Waals surface area contributed by atoms with Gasteiger partial charge in [0.25, 0.3) is 11.6 Å². The molecule has 1 N–H and O–H groups in total. The van der Waals surface area contributed by atoms with Crippen LogP contribution in [-0.2, 0) is 6.54 Å². The predicted octanol–water partition coefficient (Wildman–Crippen LogP) is 2.63. The summed E-state index contributed by atoms with van der Waals surface area (Å²) in [6, 6.07) is 3.73. The second kappa shape index (κ2) is 5.77. The zero-order valence-corrected chi connectivity index (χ0v) is 11.1. The fraction of sp³-hybridized carbons (Fsp3) is 0.0909. The first-order valence-corrected chi connectivity index (χ1v) is 6.49. The van der Waals surface area contributed by atoms with Crippen molar-refractivity contribution in [3.05, 3.63) is 55.5 Å². The first-order valence-electron chi connectivity index (χ1n) is 5.17. The lowest BCUT2D eigenvalue weighted by Gasteiger charge is -2.05. The maximum atomic E-state index is 11.9. The Hall–Kier alpha value is -1.99. The van der Waals surface area contributed by atoms with E-state index in [1.54, 1.807) is 10.9 Å². The number of aromatic nitrogens is 1. The largest absolute Gasteiger partial charge is 0.346 e. The Morgan fingerprint density at radius 1 is 1.53 bits per heavy atom. The molecule has 6 nitrogen and oxygen atoms in total. The van der Waals surface area contributed by atoms with Crippen molar-refractivity contribution >= 4 is 34.5 Å². The van der Waals surface area contributed by atoms with E-state index in [9.17, 15) is 14.9 Å². The third-order valence-corrected chi connectivity index (χ3v) is 3.28. The molecule has 0 radical (unpaired) electrons. The summed E-state index contributed by atoms with van der Waals surface area (Å²) in [5, 5.41) is 15.2. The van der Waals surface area contributed by atoms with Crippen LogP contribution in [-0.4, -0.2) is 15.8 Å². The molecule has 1 aromatic heterocycles. The van der Waals surface area contributed by atoms with E-state index in [0.717, 1.165) is 11.8 Å². The Morgan fingerprint density at radius 2 is 2.32 bits per heavy atom. The number of carbonyl (C=O) groups excluding carboxylic acids is 1. The lowest BCUT2D eigenvalue weighted by atomic mass is 10.2. The Morgan fingerprint density at radius 3 is 2.95 bits per heavy atom. The number of rotatable bonds is 4. The number of non-ortho nitro benzene ring substituents is 1. The first-order chi connectivity index (χ1) is 9.08. The number of nitro benzene ring substituents is 1. The molecule has 1 heterocycles. The van der Waals surface area contributed by atoms with Gasteiger partial charge in [-0.15, -0.1) is 11.3 Å². The molecule has 2 rings (SSSR count). The van der Waals surface area contributed by atoms with Crippen LogP contribution < -0.4 is 5.32 Å². The molecule has 8 heteroatoms. The van der Waals surface area contributed by atoms with Crippen molar-refractivity contribution in [1.29, 1.82) is 0 Å². The third kappa shape index (κ3) is 3.27. The van der Waals surface area contributed by atoms with Gasteiger partial charge in [0.2, 0.25) is 0 Å². The Bertz CT molecular complexity index is 616. The van der Waals surface area contributed by atoms with Gasteiger partial charge in [0.05, 0.1) is 33.3 Å². The van der Waals surface area contributed by atoms with Crippen LogP contribution in [0.15, 0.2) is 29.1 Å². The van der Waals surface area contributed by atoms with E-state index in [1.165, 1.54) is 23.5 Å². The van der Waals surface area contributed by atoms with Crippen molar-refractivity contribution in [3.63, 3.8) is 0 Å². The van der Waals surface area contributed by atoms with Gasteiger partial charge in [0.15, 0.2) is 0 Å². The number of thiazole rings is 1. The summed E-state index contributed by atoms with van der Waals surface area (Å²) in [5.74, 6) is -0.471. The average Bonchev–Trinajstić information content (AvgIpc) is 2.89. The van der Waals surface area contributed by atoms with Crippen molar-refractivity contribution in [2.75, 3.05) is 0 Å². The van der Waals surface area contributed by atoms with E-state index in [1.807, 2.05) is 0 Å². The first kappa shape index (κ1) is 13.4. The number of nitrogens with zero attached hydrogens (tertiary/aromatic N) is 2. The number of benzene rings is 1. The lowest BCUT2D eigenvalue weighted by Crippen LogP contribution is -2.23. The van der Waals surface area contributed by atoms with Gasteiger partial charge in [-0.3, -0.25) is 14.9 Å². The molecule has 0 bridgehead atoms. The number of hydrogen-bond donors (Lipinski definition) is 1. The highest BCUT2D eigenvalue weighted by Gasteiger charge is 2.15. The molecule has 98 valence electrons. The fourth-order valence-electron chi connectivity index (χ4n) is 1.39. The van der Waals surface area contributed by atoms with Crippen LogP contribution in [0.25, 0.3) is 0 Å². The number of carbonyl (C=O) groups is 1. The van der Waals surface area contributed by atoms with Gasteiger partial charge in [-0.2, -0.15) is 0 Å². The van der Waals surface area contributed by atoms with Gasteiger partial charge in [-0.1, -0.05) is 11.6 Å². The molecule has 0 saturated heterocycles. The zero-order chi connectivity index (χ0) is 13.8. The summed E-state index contributed by atoms with van der Waals surface area (Å²) < 4.78 is 0. The minimum Gasteiger partial charge on any atom is -0.346 e. The number of amides is 1. The molecule has 0 aliphatic heterocycles. The fourth-order valence-corrected chi connectivity index (χ4v) is 2.15. The number of halogens is 1. The molecule has 1 amide bonds. The van der Waals surface area contributed by atoms with Gasteiger partial charge < -0.3 is 5.32 Å². The highest BCUT2D eigenvalue weighted by Crippen LogP contribution is 2.22. The quantitative estimate of drug-likeness (QED) is 0.694. The molecule has 2 aromatic rings. The standard InChI is InChI=1S/C11H8ClN3O3S/c12-10-2-1-8(15(17)18)3-9(10)11(16)13-4-7-5-19-6-14-7/h1-3,5-6H,4H2,(H,13,16). The van der Waals surface area contributed by atoms with E-state index >= 15 is 0 Å². The topological polar surface area (TPSA) is 85.1 Å². The van der Waals surface area contributed by atoms with Crippen LogP contribution in [0.5, 0.6) is 0 Å². The minimum atomic E-state index is -0.576. The third-order valence-electron chi connectivity index (χ3n) is 2.32. The van der Waals surface area contributed by atoms with Crippen LogP contribution in [0.1, 0.15) is 16.1 Å². The van der Waals surface area contributed by atoms with Gasteiger partial charge in [0, 0.05) is 17.5 Å². The summed E-state index contributed by atoms with van der Waals surface area (Å²) in [6.45, 7) is 0.251. The minimum absolute atomic E-state index is 0.0751. The normalized spacial score (nSPS) is 10.2. The molecule has 19 heavy (non-hydrogen) atoms. The maximum Gasteiger partial charge on any atom is 0.270 e. The van der Waals surface area contributed by atoms with Crippen molar-refractivity contribution in [2.45, 2.75) is 6.54 Å². The number of nitrogens with one attached hydrogen (secondary N) is 1. The van der Waals surface area contributed by atoms with Gasteiger partial charge in [-0.05, 0) is 6.07 Å². The summed E-state index contributed by atoms with van der Waals surface area (Å²) >= 11 is 7.28. The molecule has 0 spiro atoms. The highest BCUT2D eigenvalue weighted by molar-refractivity contribution is 7.07. The van der Waals surface area contributed by atoms with E-state index in [4.69, 9.17) is 11.6 Å². The Balaban J connectivity index is 2.14. The second-order valence-corrected chi connectivity index (χ2v) is 4.71. The van der Waals surface area contributed by atoms with E-state index in [-0.39, 0.29) is 22.8 Å². The molecule has 0 aliphatic carbocycles. The molecule has 1 aromatic carbocycles. The van der Waals surface area contributed by atoms with Crippen LogP contribution in [0.4, 0.5) is 5.69 Å². The summed E-state index contributed by atoms with van der Waals surface area (Å²) in [6.07, 6.45) is 0. The molecular weight excluding hydrogens is 290 g/mol. The average molecular weight is 298 g/mol. The van der Waals surface area contributed by atoms with Crippen LogP contribution in [0.3, 0.4) is 0 Å². The van der Waals surface area contributed by atoms with Crippen LogP contribution in [0.2, 0.25) is 5.02 Å². The second-order valence-electron chi connectivity index (χ2n) is 3.58. The molecule has 0 fully saturated rings. The van der Waals surface area contributed by atoms with Crippen molar-refractivity contribution in [1.82, 2.24) is 10.3 Å². The Labute approximate surface area is 117 Å². The Kier molecular flexibility index (Phi) is 4.08. The van der Waals surface area contributed by atoms with E-state index < -0.39 is 10.8 Å². The summed E-state index contributed by atoms with van der Waals surface area (Å²) in [5.41, 5.74) is 2.27. The lowest BCUT2D eigenvalue weighted by molar-refractivity contribution is -0.384. The molecular formula is C11H8ClN3O3S. The summed E-state index contributed by atoms with van der Waals surface area (Å²) in [7, 11) is 0. The number of hydrogen-bond acceptors (Lipinski definition) is 5. The van der Waals surface area contributed by atoms with Crippen LogP contribution >= 0.6 is 22.9 Å². The predicted molar refractivity (Wildman–Crippen MR) is 71.4 cm³/mol. The number of nitro groups is 1. The van der Waals surface area contributed by atoms with Gasteiger partial charge in [-0.25, -0.2) is 4.98 Å². The maximum absolute atomic E-state index is 11.9. The summed E-state index contributed by atoms with van der Waals surface area (Å²) in [4.78, 5) is 26.0. The van der Waals surface area contributed by atoms with Crippen molar-refractivity contribution in [3.8, 4) is 0 Å². The molecule has 0 aliphatic rings.